The highest BCUT2D eigenvalue weighted by Crippen LogP contribution is 2.27. The van der Waals surface area contributed by atoms with Gasteiger partial charge in [-0.25, -0.2) is 8.78 Å². The van der Waals surface area contributed by atoms with Gasteiger partial charge in [-0.2, -0.15) is 0 Å². The van der Waals surface area contributed by atoms with Crippen LogP contribution in [-0.4, -0.2) is 13.4 Å². The van der Waals surface area contributed by atoms with Crippen LogP contribution in [0.2, 0.25) is 5.02 Å². The van der Waals surface area contributed by atoms with Gasteiger partial charge in [0.1, 0.15) is 18.6 Å². The lowest BCUT2D eigenvalue weighted by atomic mass is 10.2. The molecule has 2 rings (SSSR count). The fourth-order valence-electron chi connectivity index (χ4n) is 1.80. The Morgan fingerprint density at radius 1 is 1.19 bits per heavy atom. The average Bonchev–Trinajstić information content (AvgIpc) is 2.46. The molecule has 2 aromatic rings. The van der Waals surface area contributed by atoms with E-state index in [2.05, 4.69) is 0 Å². The lowest BCUT2D eigenvalue weighted by Gasteiger charge is -2.12. The summed E-state index contributed by atoms with van der Waals surface area (Å²) in [5.74, 6) is -1.96. The van der Waals surface area contributed by atoms with Gasteiger partial charge in [0, 0.05) is 16.1 Å². The van der Waals surface area contributed by atoms with E-state index in [-0.39, 0.29) is 12.2 Å². The summed E-state index contributed by atoms with van der Waals surface area (Å²) in [6, 6.07) is 6.64. The number of hydrogen-bond acceptors (Lipinski definition) is 3. The molecule has 0 fully saturated rings. The second-order valence-electron chi connectivity index (χ2n) is 4.18. The zero-order chi connectivity index (χ0) is 15.4. The van der Waals surface area contributed by atoms with Crippen LogP contribution in [0.25, 0.3) is 0 Å². The van der Waals surface area contributed by atoms with Gasteiger partial charge in [-0.3, -0.25) is 4.79 Å². The smallest absolute Gasteiger partial charge is 0.191 e. The Hall–Kier alpha value is -2.14. The van der Waals surface area contributed by atoms with Crippen molar-refractivity contribution in [3.63, 3.8) is 0 Å². The fraction of sp³-hybridized carbons (Fsp3) is 0.133. The van der Waals surface area contributed by atoms with Crippen LogP contribution >= 0.6 is 11.6 Å². The molecule has 0 saturated heterocycles. The molecular weight excluding hydrogens is 302 g/mol. The highest BCUT2D eigenvalue weighted by molar-refractivity contribution is 6.30. The normalized spacial score (nSPS) is 10.3. The molecule has 0 aromatic heterocycles. The molecular formula is C15H11ClF2O3. The molecule has 0 unspecified atom stereocenters. The maximum Gasteiger partial charge on any atom is 0.191 e. The topological polar surface area (TPSA) is 35.5 Å². The van der Waals surface area contributed by atoms with Crippen LogP contribution in [0.1, 0.15) is 15.9 Å². The van der Waals surface area contributed by atoms with Crippen LogP contribution < -0.4 is 9.47 Å². The predicted octanol–water partition coefficient (Wildman–Crippen LogP) is 4.02. The first-order valence-corrected chi connectivity index (χ1v) is 6.32. The first kappa shape index (κ1) is 15.3. The second kappa shape index (κ2) is 6.54. The largest absolute Gasteiger partial charge is 0.496 e. The minimum Gasteiger partial charge on any atom is -0.496 e. The number of carbonyl (C=O) groups excluding carboxylic acids is 1. The van der Waals surface area contributed by atoms with E-state index in [9.17, 15) is 13.6 Å². The minimum atomic E-state index is -0.946. The lowest BCUT2D eigenvalue weighted by molar-refractivity contribution is 0.112. The van der Waals surface area contributed by atoms with E-state index < -0.39 is 17.4 Å². The summed E-state index contributed by atoms with van der Waals surface area (Å²) in [5, 5.41) is 0.451. The lowest BCUT2D eigenvalue weighted by Crippen LogP contribution is -2.02. The highest BCUT2D eigenvalue weighted by atomic mass is 35.5. The van der Waals surface area contributed by atoms with Gasteiger partial charge in [0.15, 0.2) is 17.4 Å². The molecule has 0 heterocycles. The number of ether oxygens (including phenoxy) is 2. The van der Waals surface area contributed by atoms with Crippen molar-refractivity contribution >= 4 is 17.9 Å². The van der Waals surface area contributed by atoms with E-state index in [4.69, 9.17) is 21.1 Å². The van der Waals surface area contributed by atoms with Crippen molar-refractivity contribution in [3.8, 4) is 11.5 Å². The number of carbonyl (C=O) groups is 1. The number of benzene rings is 2. The standard InChI is InChI=1S/C15H11ClF2O3/c1-20-14-3-2-11(16)6-10(14)8-21-15-12(17)4-9(7-19)5-13(15)18/h2-7H,8H2,1H3. The Balaban J connectivity index is 2.24. The summed E-state index contributed by atoms with van der Waals surface area (Å²) >= 11 is 5.86. The maximum atomic E-state index is 13.7. The van der Waals surface area contributed by atoms with E-state index in [1.807, 2.05) is 0 Å². The summed E-state index contributed by atoms with van der Waals surface area (Å²) in [5.41, 5.74) is 0.445. The molecule has 0 atom stereocenters. The predicted molar refractivity (Wildman–Crippen MR) is 74.1 cm³/mol. The Morgan fingerprint density at radius 2 is 1.86 bits per heavy atom. The van der Waals surface area contributed by atoms with Gasteiger partial charge >= 0.3 is 0 Å². The van der Waals surface area contributed by atoms with Gasteiger partial charge in [0.25, 0.3) is 0 Å². The Kier molecular flexibility index (Phi) is 4.75. The summed E-state index contributed by atoms with van der Waals surface area (Å²) in [4.78, 5) is 10.5. The van der Waals surface area contributed by atoms with E-state index in [1.54, 1.807) is 18.2 Å². The Morgan fingerprint density at radius 3 is 2.43 bits per heavy atom. The molecule has 0 spiro atoms. The van der Waals surface area contributed by atoms with Gasteiger partial charge < -0.3 is 9.47 Å². The van der Waals surface area contributed by atoms with Gasteiger partial charge in [0.2, 0.25) is 0 Å². The van der Waals surface area contributed by atoms with Crippen LogP contribution in [0.15, 0.2) is 30.3 Å². The van der Waals surface area contributed by atoms with E-state index >= 15 is 0 Å². The van der Waals surface area contributed by atoms with Crippen molar-refractivity contribution in [3.05, 3.63) is 58.1 Å². The maximum absolute atomic E-state index is 13.7. The Labute approximate surface area is 125 Å². The third kappa shape index (κ3) is 3.49. The van der Waals surface area contributed by atoms with Crippen LogP contribution in [0.3, 0.4) is 0 Å². The van der Waals surface area contributed by atoms with Crippen molar-refractivity contribution in [2.45, 2.75) is 6.61 Å². The number of aldehydes is 1. The number of rotatable bonds is 5. The summed E-state index contributed by atoms with van der Waals surface area (Å²) in [6.07, 6.45) is 0.357. The van der Waals surface area contributed by atoms with Gasteiger partial charge in [-0.15, -0.1) is 0 Å². The molecule has 0 aliphatic rings. The van der Waals surface area contributed by atoms with Crippen molar-refractivity contribution < 1.29 is 23.0 Å². The molecule has 0 bridgehead atoms. The molecule has 0 saturated carbocycles. The van der Waals surface area contributed by atoms with Gasteiger partial charge in [-0.05, 0) is 30.3 Å². The van der Waals surface area contributed by atoms with Crippen molar-refractivity contribution in [1.29, 1.82) is 0 Å². The van der Waals surface area contributed by atoms with E-state index in [0.29, 0.717) is 22.6 Å². The molecule has 2 aromatic carbocycles. The molecule has 3 nitrogen and oxygen atoms in total. The summed E-state index contributed by atoms with van der Waals surface area (Å²) in [6.45, 7) is -0.127. The van der Waals surface area contributed by atoms with E-state index in [0.717, 1.165) is 12.1 Å². The van der Waals surface area contributed by atoms with Crippen molar-refractivity contribution in [1.82, 2.24) is 0 Å². The third-order valence-electron chi connectivity index (χ3n) is 2.77. The Bertz CT molecular complexity index is 651. The molecule has 0 amide bonds. The fourth-order valence-corrected chi connectivity index (χ4v) is 1.99. The SMILES string of the molecule is COc1ccc(Cl)cc1COc1c(F)cc(C=O)cc1F. The van der Waals surface area contributed by atoms with Crippen LogP contribution in [-0.2, 0) is 6.61 Å². The van der Waals surface area contributed by atoms with Crippen LogP contribution in [0, 0.1) is 11.6 Å². The molecule has 0 N–H and O–H groups in total. The molecule has 110 valence electrons. The van der Waals surface area contributed by atoms with Gasteiger partial charge in [-0.1, -0.05) is 11.6 Å². The second-order valence-corrected chi connectivity index (χ2v) is 4.61. The van der Waals surface area contributed by atoms with Crippen molar-refractivity contribution in [2.24, 2.45) is 0 Å². The number of methoxy groups -OCH3 is 1. The van der Waals surface area contributed by atoms with E-state index in [1.165, 1.54) is 7.11 Å². The number of halogens is 3. The van der Waals surface area contributed by atoms with Crippen LogP contribution in [0.4, 0.5) is 8.78 Å². The quantitative estimate of drug-likeness (QED) is 0.782. The zero-order valence-corrected chi connectivity index (χ0v) is 11.8. The molecule has 0 radical (unpaired) electrons. The average molecular weight is 313 g/mol. The first-order chi connectivity index (χ1) is 10.0. The molecule has 0 aliphatic heterocycles. The summed E-state index contributed by atoms with van der Waals surface area (Å²) in [7, 11) is 1.47. The summed E-state index contributed by atoms with van der Waals surface area (Å²) < 4.78 is 37.6. The molecule has 21 heavy (non-hydrogen) atoms. The first-order valence-electron chi connectivity index (χ1n) is 5.94. The van der Waals surface area contributed by atoms with Gasteiger partial charge in [0.05, 0.1) is 7.11 Å². The number of hydrogen-bond donors (Lipinski definition) is 0. The molecule has 0 aliphatic carbocycles. The minimum absolute atomic E-state index is 0.0994. The van der Waals surface area contributed by atoms with Crippen molar-refractivity contribution in [2.75, 3.05) is 7.11 Å². The monoisotopic (exact) mass is 312 g/mol. The molecule has 6 heteroatoms. The highest BCUT2D eigenvalue weighted by Gasteiger charge is 2.14. The third-order valence-corrected chi connectivity index (χ3v) is 3.01. The zero-order valence-electron chi connectivity index (χ0n) is 11.0. The van der Waals surface area contributed by atoms with Crippen LogP contribution in [0.5, 0.6) is 11.5 Å².